The average molecular weight is 379 g/mol. The number of rotatable bonds is 8. The summed E-state index contributed by atoms with van der Waals surface area (Å²) >= 11 is 0. The standard InChI is InChI=1S/C22H22FN3O2/c1-28-20-8-3-2-6-17(20)11-12-24-19-9-10-21(25-15-19)26-22(27)14-16-5-4-7-18(23)13-16/h2-10,13,15,24H,11-12,14H2,1H3,(H,25,26,27). The van der Waals surface area contributed by atoms with Gasteiger partial charge in [0, 0.05) is 6.54 Å². The van der Waals surface area contributed by atoms with Crippen LogP contribution in [-0.2, 0) is 17.6 Å². The maximum atomic E-state index is 13.2. The molecule has 0 saturated heterocycles. The second-order valence-corrected chi connectivity index (χ2v) is 6.28. The minimum Gasteiger partial charge on any atom is -0.496 e. The maximum absolute atomic E-state index is 13.2. The number of nitrogens with zero attached hydrogens (tertiary/aromatic N) is 1. The van der Waals surface area contributed by atoms with Gasteiger partial charge in [0.25, 0.3) is 0 Å². The third kappa shape index (κ3) is 5.54. The topological polar surface area (TPSA) is 63.2 Å². The van der Waals surface area contributed by atoms with Crippen LogP contribution in [0.15, 0.2) is 66.9 Å². The molecule has 144 valence electrons. The van der Waals surface area contributed by atoms with E-state index in [1.165, 1.54) is 12.1 Å². The molecule has 0 spiro atoms. The van der Waals surface area contributed by atoms with Gasteiger partial charge in [-0.1, -0.05) is 30.3 Å². The average Bonchev–Trinajstić information content (AvgIpc) is 2.69. The summed E-state index contributed by atoms with van der Waals surface area (Å²) in [5.41, 5.74) is 2.61. The first-order valence-electron chi connectivity index (χ1n) is 9.00. The lowest BCUT2D eigenvalue weighted by Crippen LogP contribution is -2.15. The number of nitrogens with one attached hydrogen (secondary N) is 2. The van der Waals surface area contributed by atoms with Gasteiger partial charge in [-0.3, -0.25) is 4.79 Å². The molecule has 5 nitrogen and oxygen atoms in total. The zero-order valence-electron chi connectivity index (χ0n) is 15.6. The fraction of sp³-hybridized carbons (Fsp3) is 0.182. The van der Waals surface area contributed by atoms with E-state index in [1.54, 1.807) is 31.5 Å². The van der Waals surface area contributed by atoms with Gasteiger partial charge in [-0.15, -0.1) is 0 Å². The van der Waals surface area contributed by atoms with E-state index in [-0.39, 0.29) is 18.1 Å². The lowest BCUT2D eigenvalue weighted by atomic mass is 10.1. The normalized spacial score (nSPS) is 10.4. The van der Waals surface area contributed by atoms with E-state index in [2.05, 4.69) is 15.6 Å². The monoisotopic (exact) mass is 379 g/mol. The predicted molar refractivity (Wildman–Crippen MR) is 108 cm³/mol. The van der Waals surface area contributed by atoms with Crippen LogP contribution >= 0.6 is 0 Å². The highest BCUT2D eigenvalue weighted by Gasteiger charge is 2.06. The van der Waals surface area contributed by atoms with Crippen LogP contribution < -0.4 is 15.4 Å². The lowest BCUT2D eigenvalue weighted by Gasteiger charge is -2.10. The van der Waals surface area contributed by atoms with E-state index in [0.29, 0.717) is 11.4 Å². The van der Waals surface area contributed by atoms with Gasteiger partial charge in [0.1, 0.15) is 17.4 Å². The van der Waals surface area contributed by atoms with E-state index in [9.17, 15) is 9.18 Å². The molecule has 1 amide bonds. The van der Waals surface area contributed by atoms with Crippen molar-refractivity contribution in [3.63, 3.8) is 0 Å². The Balaban J connectivity index is 1.48. The van der Waals surface area contributed by atoms with Crippen molar-refractivity contribution in [1.29, 1.82) is 0 Å². The van der Waals surface area contributed by atoms with E-state index in [0.717, 1.165) is 30.0 Å². The summed E-state index contributed by atoms with van der Waals surface area (Å²) in [7, 11) is 1.66. The molecule has 0 fully saturated rings. The Morgan fingerprint density at radius 2 is 1.96 bits per heavy atom. The minimum atomic E-state index is -0.355. The molecular weight excluding hydrogens is 357 g/mol. The molecular formula is C22H22FN3O2. The molecule has 3 aromatic rings. The number of benzene rings is 2. The van der Waals surface area contributed by atoms with Crippen molar-refractivity contribution in [2.45, 2.75) is 12.8 Å². The Labute approximate surface area is 163 Å². The van der Waals surface area contributed by atoms with Crippen molar-refractivity contribution in [1.82, 2.24) is 4.98 Å². The summed E-state index contributed by atoms with van der Waals surface area (Å²) in [5.74, 6) is 0.734. The summed E-state index contributed by atoms with van der Waals surface area (Å²) in [6.45, 7) is 0.729. The molecule has 6 heteroatoms. The largest absolute Gasteiger partial charge is 0.496 e. The van der Waals surface area contributed by atoms with E-state index < -0.39 is 0 Å². The predicted octanol–water partition coefficient (Wildman–Crippen LogP) is 4.07. The van der Waals surface area contributed by atoms with Gasteiger partial charge in [0.15, 0.2) is 0 Å². The SMILES string of the molecule is COc1ccccc1CCNc1ccc(NC(=O)Cc2cccc(F)c2)nc1. The molecule has 3 rings (SSSR count). The minimum absolute atomic E-state index is 0.0956. The number of carbonyl (C=O) groups is 1. The molecule has 0 aliphatic carbocycles. The smallest absolute Gasteiger partial charge is 0.229 e. The third-order valence-electron chi connectivity index (χ3n) is 4.20. The highest BCUT2D eigenvalue weighted by Crippen LogP contribution is 2.18. The maximum Gasteiger partial charge on any atom is 0.229 e. The molecule has 0 aliphatic rings. The van der Waals surface area contributed by atoms with E-state index >= 15 is 0 Å². The summed E-state index contributed by atoms with van der Waals surface area (Å²) in [4.78, 5) is 16.3. The van der Waals surface area contributed by atoms with Gasteiger partial charge in [-0.25, -0.2) is 9.37 Å². The first-order chi connectivity index (χ1) is 13.6. The molecule has 1 aromatic heterocycles. The number of methoxy groups -OCH3 is 1. The molecule has 0 radical (unpaired) electrons. The fourth-order valence-corrected chi connectivity index (χ4v) is 2.84. The van der Waals surface area contributed by atoms with Gasteiger partial charge in [-0.05, 0) is 47.9 Å². The van der Waals surface area contributed by atoms with Crippen LogP contribution in [0.3, 0.4) is 0 Å². The van der Waals surface area contributed by atoms with Crippen LogP contribution in [0.2, 0.25) is 0 Å². The van der Waals surface area contributed by atoms with Crippen molar-refractivity contribution in [2.24, 2.45) is 0 Å². The Morgan fingerprint density at radius 3 is 2.71 bits per heavy atom. The first-order valence-corrected chi connectivity index (χ1v) is 9.00. The summed E-state index contributed by atoms with van der Waals surface area (Å²) < 4.78 is 18.5. The third-order valence-corrected chi connectivity index (χ3v) is 4.20. The van der Waals surface area contributed by atoms with Gasteiger partial charge >= 0.3 is 0 Å². The Kier molecular flexibility index (Phi) is 6.57. The summed E-state index contributed by atoms with van der Waals surface area (Å²) in [6, 6.07) is 17.5. The first kappa shape index (κ1) is 19.4. The van der Waals surface area contributed by atoms with Crippen molar-refractivity contribution in [3.05, 3.63) is 83.8 Å². The highest BCUT2D eigenvalue weighted by molar-refractivity contribution is 5.91. The number of halogens is 1. The Hall–Kier alpha value is -3.41. The number of anilines is 2. The number of ether oxygens (including phenoxy) is 1. The second-order valence-electron chi connectivity index (χ2n) is 6.28. The van der Waals surface area contributed by atoms with Gasteiger partial charge in [-0.2, -0.15) is 0 Å². The molecule has 0 unspecified atom stereocenters. The van der Waals surface area contributed by atoms with Gasteiger partial charge in [0.05, 0.1) is 25.4 Å². The molecule has 1 heterocycles. The Morgan fingerprint density at radius 1 is 1.11 bits per heavy atom. The summed E-state index contributed by atoms with van der Waals surface area (Å²) in [5, 5.41) is 6.02. The van der Waals surface area contributed by atoms with Crippen molar-refractivity contribution < 1.29 is 13.9 Å². The molecule has 0 atom stereocenters. The van der Waals surface area contributed by atoms with Crippen molar-refractivity contribution in [2.75, 3.05) is 24.3 Å². The lowest BCUT2D eigenvalue weighted by molar-refractivity contribution is -0.115. The number of hydrogen-bond acceptors (Lipinski definition) is 4. The summed E-state index contributed by atoms with van der Waals surface area (Å²) in [6.07, 6.45) is 2.58. The van der Waals surface area contributed by atoms with E-state index in [1.807, 2.05) is 30.3 Å². The zero-order valence-corrected chi connectivity index (χ0v) is 15.6. The molecule has 0 saturated carbocycles. The van der Waals surface area contributed by atoms with Gasteiger partial charge in [0.2, 0.25) is 5.91 Å². The Bertz CT molecular complexity index is 929. The molecule has 0 aliphatic heterocycles. The van der Waals surface area contributed by atoms with Crippen molar-refractivity contribution >= 4 is 17.4 Å². The van der Waals surface area contributed by atoms with Crippen LogP contribution in [0.1, 0.15) is 11.1 Å². The number of amides is 1. The highest BCUT2D eigenvalue weighted by atomic mass is 19.1. The molecule has 28 heavy (non-hydrogen) atoms. The number of aromatic nitrogens is 1. The van der Waals surface area contributed by atoms with Crippen LogP contribution in [0.25, 0.3) is 0 Å². The quantitative estimate of drug-likeness (QED) is 0.619. The number of hydrogen-bond donors (Lipinski definition) is 2. The zero-order chi connectivity index (χ0) is 19.8. The number of carbonyl (C=O) groups excluding carboxylic acids is 1. The number of pyridine rings is 1. The van der Waals surface area contributed by atoms with Crippen LogP contribution in [-0.4, -0.2) is 24.5 Å². The van der Waals surface area contributed by atoms with Crippen LogP contribution in [0.5, 0.6) is 5.75 Å². The molecule has 0 bridgehead atoms. The van der Waals surface area contributed by atoms with Crippen LogP contribution in [0, 0.1) is 5.82 Å². The van der Waals surface area contributed by atoms with Crippen LogP contribution in [0.4, 0.5) is 15.9 Å². The molecule has 2 N–H and O–H groups in total. The number of para-hydroxylation sites is 1. The van der Waals surface area contributed by atoms with Crippen molar-refractivity contribution in [3.8, 4) is 5.75 Å². The van der Waals surface area contributed by atoms with E-state index in [4.69, 9.17) is 4.74 Å². The molecule has 2 aromatic carbocycles. The fourth-order valence-electron chi connectivity index (χ4n) is 2.84. The second kappa shape index (κ2) is 9.50. The van der Waals surface area contributed by atoms with Gasteiger partial charge < -0.3 is 15.4 Å².